The molecule has 1 saturated carbocycles. The second-order valence-corrected chi connectivity index (χ2v) is 9.79. The number of hydrogen-bond acceptors (Lipinski definition) is 5. The molecule has 0 aliphatic heterocycles. The van der Waals surface area contributed by atoms with Crippen LogP contribution in [0.1, 0.15) is 25.7 Å². The predicted molar refractivity (Wildman–Crippen MR) is 133 cm³/mol. The quantitative estimate of drug-likeness (QED) is 0.355. The van der Waals surface area contributed by atoms with Crippen LogP contribution < -0.4 is 0 Å². The van der Waals surface area contributed by atoms with Gasteiger partial charge in [-0.1, -0.05) is 42.1 Å². The first-order chi connectivity index (χ1) is 17.0. The molecule has 1 heterocycles. The monoisotopic (exact) mass is 493 g/mol. The van der Waals surface area contributed by atoms with E-state index in [1.807, 2.05) is 35.0 Å². The Morgan fingerprint density at radius 3 is 2.43 bits per heavy atom. The summed E-state index contributed by atoms with van der Waals surface area (Å²) in [6.45, 7) is 0.968. The van der Waals surface area contributed by atoms with Crippen molar-refractivity contribution in [3.05, 3.63) is 60.4 Å². The van der Waals surface area contributed by atoms with Gasteiger partial charge in [0.05, 0.1) is 18.4 Å². The number of benzene rings is 2. The highest BCUT2D eigenvalue weighted by Gasteiger charge is 2.26. The van der Waals surface area contributed by atoms with Crippen molar-refractivity contribution in [1.82, 2.24) is 9.78 Å². The number of rotatable bonds is 10. The molecule has 3 aromatic rings. The van der Waals surface area contributed by atoms with Crippen LogP contribution in [0.25, 0.3) is 22.4 Å². The SMILES string of the molecule is N#CCSc1c(-c2ccccc2)c(-c2ccc(F)cc2)nn1CC1CCC(COCC(=O)O)CC1. The fraction of sp³-hybridized carbons (Fsp3) is 0.370. The van der Waals surface area contributed by atoms with Crippen molar-refractivity contribution in [3.63, 3.8) is 0 Å². The molecule has 2 aromatic carbocycles. The van der Waals surface area contributed by atoms with Crippen molar-refractivity contribution in [2.45, 2.75) is 37.3 Å². The summed E-state index contributed by atoms with van der Waals surface area (Å²) in [7, 11) is 0. The molecule has 1 aromatic heterocycles. The fourth-order valence-electron chi connectivity index (χ4n) is 4.63. The number of nitrogens with zero attached hydrogens (tertiary/aromatic N) is 3. The number of carboxylic acid groups (broad SMARTS) is 1. The lowest BCUT2D eigenvalue weighted by atomic mass is 9.82. The first kappa shape index (κ1) is 25.0. The number of halogens is 1. The maximum absolute atomic E-state index is 13.6. The Labute approximate surface area is 208 Å². The van der Waals surface area contributed by atoms with Gasteiger partial charge in [0.1, 0.15) is 23.1 Å². The number of aromatic nitrogens is 2. The van der Waals surface area contributed by atoms with E-state index in [-0.39, 0.29) is 12.4 Å². The minimum Gasteiger partial charge on any atom is -0.480 e. The van der Waals surface area contributed by atoms with Crippen LogP contribution in [0.15, 0.2) is 59.6 Å². The van der Waals surface area contributed by atoms with Crippen LogP contribution in [-0.2, 0) is 16.1 Å². The zero-order valence-corrected chi connectivity index (χ0v) is 20.2. The lowest BCUT2D eigenvalue weighted by Crippen LogP contribution is -2.23. The van der Waals surface area contributed by atoms with Gasteiger partial charge in [-0.15, -0.1) is 0 Å². The minimum absolute atomic E-state index is 0.249. The molecule has 1 aliphatic rings. The molecule has 1 N–H and O–H groups in total. The van der Waals surface area contributed by atoms with E-state index in [1.54, 1.807) is 12.1 Å². The van der Waals surface area contributed by atoms with E-state index in [1.165, 1.54) is 23.9 Å². The summed E-state index contributed by atoms with van der Waals surface area (Å²) >= 11 is 1.48. The molecule has 6 nitrogen and oxygen atoms in total. The summed E-state index contributed by atoms with van der Waals surface area (Å²) in [4.78, 5) is 10.7. The second-order valence-electron chi connectivity index (χ2n) is 8.83. The van der Waals surface area contributed by atoms with Crippen molar-refractivity contribution in [2.75, 3.05) is 19.0 Å². The Kier molecular flexibility index (Phi) is 8.56. The summed E-state index contributed by atoms with van der Waals surface area (Å²) in [6, 6.07) is 18.6. The van der Waals surface area contributed by atoms with Gasteiger partial charge < -0.3 is 9.84 Å². The summed E-state index contributed by atoms with van der Waals surface area (Å²) in [5.74, 6) is -0.118. The maximum Gasteiger partial charge on any atom is 0.329 e. The molecule has 182 valence electrons. The third-order valence-electron chi connectivity index (χ3n) is 6.34. The van der Waals surface area contributed by atoms with Crippen molar-refractivity contribution in [1.29, 1.82) is 5.26 Å². The molecule has 0 amide bonds. The zero-order chi connectivity index (χ0) is 24.6. The van der Waals surface area contributed by atoms with E-state index in [0.29, 0.717) is 24.2 Å². The molecule has 35 heavy (non-hydrogen) atoms. The van der Waals surface area contributed by atoms with Gasteiger partial charge in [0.25, 0.3) is 0 Å². The predicted octanol–water partition coefficient (Wildman–Crippen LogP) is 5.88. The summed E-state index contributed by atoms with van der Waals surface area (Å²) in [5, 5.41) is 24.0. The van der Waals surface area contributed by atoms with Crippen molar-refractivity contribution < 1.29 is 19.0 Å². The highest BCUT2D eigenvalue weighted by molar-refractivity contribution is 7.99. The normalized spacial score (nSPS) is 17.7. The fourth-order valence-corrected chi connectivity index (χ4v) is 5.46. The number of nitriles is 1. The molecule has 0 spiro atoms. The summed E-state index contributed by atoms with van der Waals surface area (Å²) < 4.78 is 21.0. The first-order valence-corrected chi connectivity index (χ1v) is 12.7. The molecule has 0 bridgehead atoms. The Balaban J connectivity index is 1.60. The Hall–Kier alpha value is -3.15. The number of aliphatic carboxylic acids is 1. The van der Waals surface area contributed by atoms with E-state index < -0.39 is 5.97 Å². The average molecular weight is 494 g/mol. The summed E-state index contributed by atoms with van der Waals surface area (Å²) in [5.41, 5.74) is 3.60. The van der Waals surface area contributed by atoms with Crippen LogP contribution in [0.2, 0.25) is 0 Å². The van der Waals surface area contributed by atoms with Gasteiger partial charge in [-0.3, -0.25) is 4.68 Å². The number of hydrogen-bond donors (Lipinski definition) is 1. The molecule has 0 unspecified atom stereocenters. The molecule has 0 atom stereocenters. The molecule has 1 aliphatic carbocycles. The Morgan fingerprint density at radius 2 is 1.77 bits per heavy atom. The number of carboxylic acids is 1. The van der Waals surface area contributed by atoms with Gasteiger partial charge in [0.15, 0.2) is 0 Å². The van der Waals surface area contributed by atoms with Gasteiger partial charge in [-0.05, 0) is 67.3 Å². The molecule has 0 radical (unpaired) electrons. The smallest absolute Gasteiger partial charge is 0.329 e. The van der Waals surface area contributed by atoms with E-state index in [9.17, 15) is 14.4 Å². The Bertz CT molecular complexity index is 1170. The Morgan fingerprint density at radius 1 is 1.09 bits per heavy atom. The van der Waals surface area contributed by atoms with Gasteiger partial charge >= 0.3 is 5.97 Å². The highest BCUT2D eigenvalue weighted by Crippen LogP contribution is 2.41. The van der Waals surface area contributed by atoms with Crippen molar-refractivity contribution in [3.8, 4) is 28.5 Å². The number of thioether (sulfide) groups is 1. The van der Waals surface area contributed by atoms with E-state index >= 15 is 0 Å². The average Bonchev–Trinajstić information content (AvgIpc) is 3.22. The van der Waals surface area contributed by atoms with Crippen molar-refractivity contribution >= 4 is 17.7 Å². The van der Waals surface area contributed by atoms with Crippen LogP contribution in [0.3, 0.4) is 0 Å². The molecule has 4 rings (SSSR count). The number of carbonyl (C=O) groups is 1. The molecule has 0 saturated heterocycles. The first-order valence-electron chi connectivity index (χ1n) is 11.8. The molecular formula is C27H28FN3O3S. The second kappa shape index (κ2) is 12.0. The van der Waals surface area contributed by atoms with Crippen LogP contribution in [-0.4, -0.2) is 39.8 Å². The van der Waals surface area contributed by atoms with Gasteiger partial charge in [-0.25, -0.2) is 9.18 Å². The van der Waals surface area contributed by atoms with Gasteiger partial charge in [-0.2, -0.15) is 10.4 Å². The van der Waals surface area contributed by atoms with Crippen LogP contribution >= 0.6 is 11.8 Å². The largest absolute Gasteiger partial charge is 0.480 e. The van der Waals surface area contributed by atoms with Gasteiger partial charge in [0.2, 0.25) is 0 Å². The standard InChI is InChI=1S/C27H28FN3O3S/c28-23-12-10-22(11-13-23)26-25(21-4-2-1-3-5-21)27(35-15-14-29)31(30-26)16-19-6-8-20(9-7-19)17-34-18-24(32)33/h1-5,10-13,19-20H,6-9,15-18H2,(H,32,33). The molecular weight excluding hydrogens is 465 g/mol. The van der Waals surface area contributed by atoms with E-state index in [0.717, 1.165) is 59.6 Å². The number of ether oxygens (including phenoxy) is 1. The van der Waals surface area contributed by atoms with Crippen molar-refractivity contribution in [2.24, 2.45) is 11.8 Å². The lowest BCUT2D eigenvalue weighted by molar-refractivity contribution is -0.142. The molecule has 8 heteroatoms. The van der Waals surface area contributed by atoms with E-state index in [4.69, 9.17) is 14.9 Å². The minimum atomic E-state index is -0.939. The highest BCUT2D eigenvalue weighted by atomic mass is 32.2. The van der Waals surface area contributed by atoms with Crippen LogP contribution in [0, 0.1) is 29.0 Å². The van der Waals surface area contributed by atoms with E-state index in [2.05, 4.69) is 6.07 Å². The molecule has 1 fully saturated rings. The maximum atomic E-state index is 13.6. The third-order valence-corrected chi connectivity index (χ3v) is 7.30. The lowest BCUT2D eigenvalue weighted by Gasteiger charge is -2.28. The van der Waals surface area contributed by atoms with Crippen LogP contribution in [0.5, 0.6) is 0 Å². The zero-order valence-electron chi connectivity index (χ0n) is 19.4. The third kappa shape index (κ3) is 6.50. The topological polar surface area (TPSA) is 88.1 Å². The van der Waals surface area contributed by atoms with Gasteiger partial charge in [0, 0.05) is 17.7 Å². The van der Waals surface area contributed by atoms with Crippen LogP contribution in [0.4, 0.5) is 4.39 Å². The summed E-state index contributed by atoms with van der Waals surface area (Å²) in [6.07, 6.45) is 4.00.